The number of carbonyl (C=O) groups excluding carboxylic acids is 6. The molecule has 3 rings (SSSR count). The lowest BCUT2D eigenvalue weighted by Gasteiger charge is -2.36. The molecule has 0 spiro atoms. The van der Waals surface area contributed by atoms with Crippen LogP contribution in [0, 0.1) is 29.6 Å². The van der Waals surface area contributed by atoms with E-state index in [0.29, 0.717) is 19.3 Å². The van der Waals surface area contributed by atoms with Crippen LogP contribution in [0.25, 0.3) is 0 Å². The first-order chi connectivity index (χ1) is 22.5. The molecular formula is C34H52F3N5O6. The van der Waals surface area contributed by atoms with Crippen LogP contribution in [0.1, 0.15) is 91.9 Å². The number of alkyl halides is 3. The van der Waals surface area contributed by atoms with Crippen molar-refractivity contribution in [3.63, 3.8) is 0 Å². The minimum Gasteiger partial charge on any atom is -0.346 e. The van der Waals surface area contributed by atoms with Crippen LogP contribution in [0.15, 0.2) is 12.7 Å². The number of carbonyl (C=O) groups is 6. The average Bonchev–Trinajstić information content (AvgIpc) is 3.79. The van der Waals surface area contributed by atoms with Crippen LogP contribution in [0.2, 0.25) is 0 Å². The van der Waals surface area contributed by atoms with E-state index in [2.05, 4.69) is 27.8 Å². The highest BCUT2D eigenvalue weighted by Crippen LogP contribution is 2.35. The minimum atomic E-state index is -4.64. The number of ketones is 2. The van der Waals surface area contributed by atoms with Crippen LogP contribution in [0.5, 0.6) is 0 Å². The molecule has 4 N–H and O–H groups in total. The first-order valence-corrected chi connectivity index (χ1v) is 17.3. The fourth-order valence-electron chi connectivity index (χ4n) is 6.88. The minimum absolute atomic E-state index is 0.0375. The Hall–Kier alpha value is -3.45. The maximum atomic E-state index is 14.4. The summed E-state index contributed by atoms with van der Waals surface area (Å²) in [6.07, 6.45) is 0.373. The zero-order valence-electron chi connectivity index (χ0n) is 28.5. The van der Waals surface area contributed by atoms with Gasteiger partial charge in [-0.05, 0) is 62.2 Å². The van der Waals surface area contributed by atoms with Gasteiger partial charge in [0.2, 0.25) is 17.6 Å². The summed E-state index contributed by atoms with van der Waals surface area (Å²) in [6.45, 7) is 10.9. The fraction of sp³-hybridized carbons (Fsp3) is 0.765. The number of rotatable bonds is 16. The highest BCUT2D eigenvalue weighted by atomic mass is 19.4. The highest BCUT2D eigenvalue weighted by molar-refractivity contribution is 6.38. The third kappa shape index (κ3) is 10.8. The molecule has 0 radical (unpaired) electrons. The van der Waals surface area contributed by atoms with Crippen LogP contribution in [0.4, 0.5) is 18.0 Å². The number of halogens is 3. The van der Waals surface area contributed by atoms with E-state index in [1.165, 1.54) is 11.0 Å². The van der Waals surface area contributed by atoms with Crippen molar-refractivity contribution >= 4 is 35.3 Å². The molecule has 48 heavy (non-hydrogen) atoms. The van der Waals surface area contributed by atoms with Crippen molar-refractivity contribution in [2.45, 2.75) is 122 Å². The van der Waals surface area contributed by atoms with Gasteiger partial charge in [0.25, 0.3) is 5.91 Å². The Morgan fingerprint density at radius 1 is 0.896 bits per heavy atom. The molecule has 1 unspecified atom stereocenters. The molecule has 14 heteroatoms. The summed E-state index contributed by atoms with van der Waals surface area (Å²) in [5.74, 6) is -4.76. The molecule has 0 aromatic carbocycles. The second-order valence-electron chi connectivity index (χ2n) is 14.1. The van der Waals surface area contributed by atoms with Crippen molar-refractivity contribution < 1.29 is 41.9 Å². The lowest BCUT2D eigenvalue weighted by atomic mass is 9.83. The van der Waals surface area contributed by atoms with E-state index in [1.54, 1.807) is 0 Å². The standard InChI is InChI=1S/C34H52F3N5O6/c1-6-17-38-31(46)29(44)24(14-16-34(35,36)37)39-30(45)27-23(19(2)3)15-18-42(27)32(47)26(21-10-8-7-9-11-21)41-33(48)40-25(20(4)5)28(43)22-12-13-22/h6,19-27H,1,7-18H2,2-5H3,(H,38,46)(H,39,45)(H2,40,41,48)/t23-,24?,25+,26+,27+/m1/s1. The number of nitrogens with zero attached hydrogens (tertiary/aromatic N) is 1. The Balaban J connectivity index is 1.87. The van der Waals surface area contributed by atoms with E-state index in [0.717, 1.165) is 32.1 Å². The van der Waals surface area contributed by atoms with Crippen molar-refractivity contribution in [2.24, 2.45) is 29.6 Å². The molecule has 1 saturated heterocycles. The molecule has 1 heterocycles. The normalized spacial score (nSPS) is 22.1. The second-order valence-corrected chi connectivity index (χ2v) is 14.1. The molecule has 2 saturated carbocycles. The number of amides is 5. The molecule has 1 aliphatic heterocycles. The topological polar surface area (TPSA) is 154 Å². The van der Waals surface area contributed by atoms with Gasteiger partial charge in [0.05, 0.1) is 12.1 Å². The molecular weight excluding hydrogens is 631 g/mol. The van der Waals surface area contributed by atoms with Crippen molar-refractivity contribution in [1.29, 1.82) is 0 Å². The Labute approximate surface area is 281 Å². The molecule has 3 fully saturated rings. The van der Waals surface area contributed by atoms with Gasteiger partial charge < -0.3 is 26.2 Å². The van der Waals surface area contributed by atoms with Gasteiger partial charge in [0.1, 0.15) is 12.1 Å². The predicted octanol–water partition coefficient (Wildman–Crippen LogP) is 3.81. The largest absolute Gasteiger partial charge is 0.389 e. The monoisotopic (exact) mass is 683 g/mol. The predicted molar refractivity (Wildman–Crippen MR) is 172 cm³/mol. The second kappa shape index (κ2) is 17.3. The van der Waals surface area contributed by atoms with E-state index >= 15 is 0 Å². The van der Waals surface area contributed by atoms with Crippen LogP contribution in [-0.4, -0.2) is 83.7 Å². The van der Waals surface area contributed by atoms with Crippen molar-refractivity contribution in [2.75, 3.05) is 13.1 Å². The summed E-state index contributed by atoms with van der Waals surface area (Å²) in [5, 5.41) is 10.2. The number of hydrogen-bond donors (Lipinski definition) is 4. The fourth-order valence-corrected chi connectivity index (χ4v) is 6.88. The number of Topliss-reactive ketones (excluding diaryl/α,β-unsaturated/α-hetero) is 2. The van der Waals surface area contributed by atoms with Gasteiger partial charge in [0.15, 0.2) is 5.78 Å². The summed E-state index contributed by atoms with van der Waals surface area (Å²) < 4.78 is 39.6. The van der Waals surface area contributed by atoms with Crippen molar-refractivity contribution in [3.8, 4) is 0 Å². The number of likely N-dealkylation sites (tertiary alicyclic amines) is 1. The summed E-state index contributed by atoms with van der Waals surface area (Å²) in [4.78, 5) is 81.3. The van der Waals surface area contributed by atoms with Gasteiger partial charge in [-0.2, -0.15) is 13.2 Å². The molecule has 11 nitrogen and oxygen atoms in total. The third-order valence-corrected chi connectivity index (χ3v) is 9.75. The van der Waals surface area contributed by atoms with Gasteiger partial charge in [-0.1, -0.05) is 53.0 Å². The van der Waals surface area contributed by atoms with Crippen LogP contribution >= 0.6 is 0 Å². The number of urea groups is 1. The van der Waals surface area contributed by atoms with Gasteiger partial charge in [-0.3, -0.25) is 24.0 Å². The molecule has 5 atom stereocenters. The Morgan fingerprint density at radius 2 is 1.54 bits per heavy atom. The smallest absolute Gasteiger partial charge is 0.346 e. The quantitative estimate of drug-likeness (QED) is 0.143. The van der Waals surface area contributed by atoms with Crippen LogP contribution in [-0.2, 0) is 24.0 Å². The van der Waals surface area contributed by atoms with E-state index < -0.39 is 78.6 Å². The molecule has 2 aliphatic carbocycles. The van der Waals surface area contributed by atoms with E-state index in [4.69, 9.17) is 0 Å². The molecule has 0 aromatic heterocycles. The maximum Gasteiger partial charge on any atom is 0.389 e. The van der Waals surface area contributed by atoms with E-state index in [1.807, 2.05) is 27.7 Å². The Morgan fingerprint density at radius 3 is 2.08 bits per heavy atom. The Kier molecular flexibility index (Phi) is 14.0. The lowest BCUT2D eigenvalue weighted by Crippen LogP contribution is -2.61. The third-order valence-electron chi connectivity index (χ3n) is 9.75. The highest BCUT2D eigenvalue weighted by Gasteiger charge is 2.47. The molecule has 270 valence electrons. The lowest BCUT2D eigenvalue weighted by molar-refractivity contribution is -0.147. The molecule has 0 bridgehead atoms. The van der Waals surface area contributed by atoms with Gasteiger partial charge >= 0.3 is 12.2 Å². The summed E-state index contributed by atoms with van der Waals surface area (Å²) in [7, 11) is 0. The maximum absolute atomic E-state index is 14.4. The van der Waals surface area contributed by atoms with Gasteiger partial charge in [-0.15, -0.1) is 6.58 Å². The van der Waals surface area contributed by atoms with Crippen molar-refractivity contribution in [3.05, 3.63) is 12.7 Å². The summed E-state index contributed by atoms with van der Waals surface area (Å²) in [6, 6.07) is -5.31. The van der Waals surface area contributed by atoms with Gasteiger partial charge in [-0.25, -0.2) is 4.79 Å². The van der Waals surface area contributed by atoms with Gasteiger partial charge in [0, 0.05) is 25.4 Å². The SMILES string of the molecule is C=CCNC(=O)C(=O)C(CCC(F)(F)F)NC(=O)[C@@H]1[C@@H](C(C)C)CCN1C(=O)[C@@H](NC(=O)N[C@H](C(=O)C1CC1)C(C)C)C1CCCCC1. The first kappa shape index (κ1) is 39.0. The number of nitrogens with one attached hydrogen (secondary N) is 4. The molecule has 3 aliphatic rings. The average molecular weight is 684 g/mol. The first-order valence-electron chi connectivity index (χ1n) is 17.3. The Bertz CT molecular complexity index is 1200. The summed E-state index contributed by atoms with van der Waals surface area (Å²) in [5.41, 5.74) is 0. The number of hydrogen-bond acceptors (Lipinski definition) is 6. The summed E-state index contributed by atoms with van der Waals surface area (Å²) >= 11 is 0. The van der Waals surface area contributed by atoms with E-state index in [-0.39, 0.29) is 42.5 Å². The van der Waals surface area contributed by atoms with Crippen molar-refractivity contribution in [1.82, 2.24) is 26.2 Å². The zero-order chi connectivity index (χ0) is 35.8. The molecule has 5 amide bonds. The molecule has 0 aromatic rings. The zero-order valence-corrected chi connectivity index (χ0v) is 28.5. The van der Waals surface area contributed by atoms with Crippen LogP contribution < -0.4 is 21.3 Å². The van der Waals surface area contributed by atoms with E-state index in [9.17, 15) is 41.9 Å². The van der Waals surface area contributed by atoms with Crippen LogP contribution in [0.3, 0.4) is 0 Å².